The van der Waals surface area contributed by atoms with E-state index < -0.39 is 0 Å². The van der Waals surface area contributed by atoms with E-state index in [1.165, 1.54) is 0 Å². The summed E-state index contributed by atoms with van der Waals surface area (Å²) in [5.74, 6) is 0.358. The standard InChI is InChI=1S/C17H21N3O2/c1-4-13-15(19)7-11(8-16(13)22-3)10(2)14(9-18)17(21)20-12-5-6-12/h7-8,12H,4-6,19H2,1-3H3,(H,20,21)/b14-10+. The van der Waals surface area contributed by atoms with Crippen molar-refractivity contribution in [1.29, 1.82) is 5.26 Å². The fourth-order valence-corrected chi connectivity index (χ4v) is 2.38. The predicted octanol–water partition coefficient (Wildman–Crippen LogP) is 2.42. The summed E-state index contributed by atoms with van der Waals surface area (Å²) in [5.41, 5.74) is 9.06. The van der Waals surface area contributed by atoms with Crippen LogP contribution in [0.25, 0.3) is 5.57 Å². The largest absolute Gasteiger partial charge is 0.496 e. The number of methoxy groups -OCH3 is 1. The molecule has 0 unspecified atom stereocenters. The van der Waals surface area contributed by atoms with Gasteiger partial charge in [-0.3, -0.25) is 4.79 Å². The second-order valence-electron chi connectivity index (χ2n) is 5.46. The third-order valence-electron chi connectivity index (χ3n) is 3.88. The lowest BCUT2D eigenvalue weighted by atomic mass is 9.97. The second kappa shape index (κ2) is 6.52. The zero-order valence-corrected chi connectivity index (χ0v) is 13.2. The highest BCUT2D eigenvalue weighted by atomic mass is 16.5. The van der Waals surface area contributed by atoms with Gasteiger partial charge in [0.25, 0.3) is 5.91 Å². The average molecular weight is 299 g/mol. The topological polar surface area (TPSA) is 88.1 Å². The van der Waals surface area contributed by atoms with Gasteiger partial charge in [0.15, 0.2) is 0 Å². The van der Waals surface area contributed by atoms with Gasteiger partial charge in [0, 0.05) is 17.3 Å². The molecule has 1 aromatic rings. The van der Waals surface area contributed by atoms with E-state index in [-0.39, 0.29) is 17.5 Å². The maximum Gasteiger partial charge on any atom is 0.262 e. The fraction of sp³-hybridized carbons (Fsp3) is 0.412. The number of rotatable bonds is 5. The van der Waals surface area contributed by atoms with E-state index in [9.17, 15) is 10.1 Å². The number of amides is 1. The lowest BCUT2D eigenvalue weighted by Gasteiger charge is -2.14. The fourth-order valence-electron chi connectivity index (χ4n) is 2.38. The molecule has 0 heterocycles. The van der Waals surface area contributed by atoms with Crippen LogP contribution in [0.5, 0.6) is 5.75 Å². The van der Waals surface area contributed by atoms with Crippen LogP contribution < -0.4 is 15.8 Å². The number of carbonyl (C=O) groups excluding carboxylic acids is 1. The zero-order valence-electron chi connectivity index (χ0n) is 13.2. The highest BCUT2D eigenvalue weighted by molar-refractivity contribution is 6.05. The molecule has 22 heavy (non-hydrogen) atoms. The first-order valence-electron chi connectivity index (χ1n) is 7.40. The number of ether oxygens (including phenoxy) is 1. The zero-order chi connectivity index (χ0) is 16.3. The number of nitriles is 1. The molecule has 116 valence electrons. The van der Waals surface area contributed by atoms with E-state index in [1.54, 1.807) is 20.1 Å². The molecule has 0 aliphatic heterocycles. The molecule has 0 radical (unpaired) electrons. The first-order chi connectivity index (χ1) is 10.5. The van der Waals surface area contributed by atoms with Gasteiger partial charge in [-0.15, -0.1) is 0 Å². The minimum Gasteiger partial charge on any atom is -0.496 e. The first-order valence-corrected chi connectivity index (χ1v) is 7.40. The summed E-state index contributed by atoms with van der Waals surface area (Å²) < 4.78 is 5.37. The van der Waals surface area contributed by atoms with E-state index in [0.29, 0.717) is 17.0 Å². The quantitative estimate of drug-likeness (QED) is 0.496. The number of hydrogen-bond donors (Lipinski definition) is 2. The molecule has 1 aliphatic carbocycles. The highest BCUT2D eigenvalue weighted by Gasteiger charge is 2.26. The number of nitrogens with zero attached hydrogens (tertiary/aromatic N) is 1. The van der Waals surface area contributed by atoms with E-state index in [2.05, 4.69) is 5.32 Å². The van der Waals surface area contributed by atoms with Gasteiger partial charge in [-0.25, -0.2) is 0 Å². The minimum absolute atomic E-state index is 0.123. The first kappa shape index (κ1) is 15.9. The van der Waals surface area contributed by atoms with Crippen LogP contribution in [0.1, 0.15) is 37.8 Å². The molecular formula is C17H21N3O2. The Morgan fingerprint density at radius 1 is 1.50 bits per heavy atom. The number of benzene rings is 1. The molecule has 0 atom stereocenters. The van der Waals surface area contributed by atoms with Gasteiger partial charge < -0.3 is 15.8 Å². The smallest absolute Gasteiger partial charge is 0.262 e. The monoisotopic (exact) mass is 299 g/mol. The molecule has 0 aromatic heterocycles. The van der Waals surface area contributed by atoms with Crippen molar-refractivity contribution in [2.45, 2.75) is 39.2 Å². The van der Waals surface area contributed by atoms with Gasteiger partial charge in [-0.2, -0.15) is 5.26 Å². The molecular weight excluding hydrogens is 278 g/mol. The third-order valence-corrected chi connectivity index (χ3v) is 3.88. The van der Waals surface area contributed by atoms with E-state index in [1.807, 2.05) is 19.1 Å². The van der Waals surface area contributed by atoms with E-state index in [4.69, 9.17) is 10.5 Å². The van der Waals surface area contributed by atoms with Crippen molar-refractivity contribution in [3.8, 4) is 11.8 Å². The Kier molecular flexibility index (Phi) is 4.71. The molecule has 1 fully saturated rings. The van der Waals surface area contributed by atoms with Crippen LogP contribution in [0.15, 0.2) is 17.7 Å². The third kappa shape index (κ3) is 3.22. The van der Waals surface area contributed by atoms with Crippen LogP contribution in [-0.4, -0.2) is 19.1 Å². The molecule has 1 aliphatic rings. The minimum atomic E-state index is -0.320. The normalized spacial score (nSPS) is 14.8. The summed E-state index contributed by atoms with van der Waals surface area (Å²) in [4.78, 5) is 12.1. The number of nitrogens with two attached hydrogens (primary N) is 1. The lowest BCUT2D eigenvalue weighted by Crippen LogP contribution is -2.27. The summed E-state index contributed by atoms with van der Waals surface area (Å²) in [6.07, 6.45) is 2.72. The number of nitrogen functional groups attached to an aromatic ring is 1. The van der Waals surface area contributed by atoms with Gasteiger partial charge in [-0.1, -0.05) is 6.92 Å². The Balaban J connectivity index is 2.43. The number of hydrogen-bond acceptors (Lipinski definition) is 4. The second-order valence-corrected chi connectivity index (χ2v) is 5.46. The van der Waals surface area contributed by atoms with Crippen LogP contribution in [0.2, 0.25) is 0 Å². The lowest BCUT2D eigenvalue weighted by molar-refractivity contribution is -0.117. The Morgan fingerprint density at radius 2 is 2.18 bits per heavy atom. The van der Waals surface area contributed by atoms with Crippen molar-refractivity contribution < 1.29 is 9.53 Å². The summed E-state index contributed by atoms with van der Waals surface area (Å²) in [6.45, 7) is 3.76. The Morgan fingerprint density at radius 3 is 2.68 bits per heavy atom. The van der Waals surface area contributed by atoms with Crippen LogP contribution in [0.4, 0.5) is 5.69 Å². The molecule has 1 amide bonds. The maximum atomic E-state index is 12.1. The van der Waals surface area contributed by atoms with Gasteiger partial charge in [0.2, 0.25) is 0 Å². The molecule has 0 saturated heterocycles. The average Bonchev–Trinajstić information content (AvgIpc) is 3.30. The van der Waals surface area contributed by atoms with Crippen LogP contribution in [-0.2, 0) is 11.2 Å². The van der Waals surface area contributed by atoms with Crippen molar-refractivity contribution >= 4 is 17.2 Å². The van der Waals surface area contributed by atoms with E-state index in [0.717, 1.165) is 30.4 Å². The van der Waals surface area contributed by atoms with Gasteiger partial charge in [0.1, 0.15) is 17.4 Å². The summed E-state index contributed by atoms with van der Waals surface area (Å²) >= 11 is 0. The number of anilines is 1. The number of nitrogens with one attached hydrogen (secondary N) is 1. The molecule has 5 heteroatoms. The Hall–Kier alpha value is -2.48. The summed E-state index contributed by atoms with van der Waals surface area (Å²) in [6, 6.07) is 5.83. The maximum absolute atomic E-state index is 12.1. The van der Waals surface area contributed by atoms with Gasteiger partial charge in [-0.05, 0) is 49.5 Å². The Bertz CT molecular complexity index is 667. The van der Waals surface area contributed by atoms with Gasteiger partial charge in [0.05, 0.1) is 7.11 Å². The number of carbonyl (C=O) groups is 1. The molecule has 0 spiro atoms. The summed E-state index contributed by atoms with van der Waals surface area (Å²) in [5, 5.41) is 12.2. The molecule has 5 nitrogen and oxygen atoms in total. The van der Waals surface area contributed by atoms with Crippen molar-refractivity contribution in [3.63, 3.8) is 0 Å². The molecule has 3 N–H and O–H groups in total. The molecule has 0 bridgehead atoms. The van der Waals surface area contributed by atoms with Crippen molar-refractivity contribution in [1.82, 2.24) is 5.32 Å². The Labute approximate surface area is 130 Å². The predicted molar refractivity (Wildman–Crippen MR) is 86.2 cm³/mol. The SMILES string of the molecule is CCc1c(N)cc(/C(C)=C(\C#N)C(=O)NC2CC2)cc1OC. The molecule has 2 rings (SSSR count). The van der Waals surface area contributed by atoms with Crippen LogP contribution in [0.3, 0.4) is 0 Å². The van der Waals surface area contributed by atoms with Crippen molar-refractivity contribution in [3.05, 3.63) is 28.8 Å². The van der Waals surface area contributed by atoms with Crippen LogP contribution >= 0.6 is 0 Å². The summed E-state index contributed by atoms with van der Waals surface area (Å²) in [7, 11) is 1.59. The number of allylic oxidation sites excluding steroid dienone is 1. The van der Waals surface area contributed by atoms with E-state index >= 15 is 0 Å². The highest BCUT2D eigenvalue weighted by Crippen LogP contribution is 2.31. The molecule has 1 saturated carbocycles. The van der Waals surface area contributed by atoms with Crippen molar-refractivity contribution in [2.24, 2.45) is 0 Å². The van der Waals surface area contributed by atoms with Crippen molar-refractivity contribution in [2.75, 3.05) is 12.8 Å². The van der Waals surface area contributed by atoms with Gasteiger partial charge >= 0.3 is 0 Å². The van der Waals surface area contributed by atoms with Crippen LogP contribution in [0, 0.1) is 11.3 Å². The molecule has 1 aromatic carbocycles.